The number of aliphatic hydroxyl groups is 2. The van der Waals surface area contributed by atoms with Crippen molar-refractivity contribution in [3.63, 3.8) is 0 Å². The molecule has 0 aliphatic carbocycles. The summed E-state index contributed by atoms with van der Waals surface area (Å²) >= 11 is 0. The van der Waals surface area contributed by atoms with E-state index in [2.05, 4.69) is 55.0 Å². The number of carbonyl (C=O) groups is 1. The number of hydrogen-bond acceptors (Lipinski definition) is 12. The molecule has 13 heteroatoms. The molecule has 4 N–H and O–H groups in total. The number of benzene rings is 2. The minimum atomic E-state index is -1.25. The van der Waals surface area contributed by atoms with E-state index in [-0.39, 0.29) is 31.5 Å². The third kappa shape index (κ3) is 5.84. The van der Waals surface area contributed by atoms with Crippen LogP contribution in [0.3, 0.4) is 0 Å². The van der Waals surface area contributed by atoms with Crippen molar-refractivity contribution in [2.75, 3.05) is 30.3 Å². The van der Waals surface area contributed by atoms with Crippen LogP contribution in [0.2, 0.25) is 0 Å². The topological polar surface area (TPSA) is 170 Å². The highest BCUT2D eigenvalue weighted by molar-refractivity contribution is 5.84. The maximum absolute atomic E-state index is 11.5. The lowest BCUT2D eigenvalue weighted by atomic mass is 9.91. The van der Waals surface area contributed by atoms with Crippen LogP contribution < -0.4 is 10.6 Å². The van der Waals surface area contributed by atoms with Crippen LogP contribution in [-0.2, 0) is 20.7 Å². The van der Waals surface area contributed by atoms with Crippen molar-refractivity contribution in [2.24, 2.45) is 0 Å². The Balaban J connectivity index is 1.36. The number of anilines is 2. The van der Waals surface area contributed by atoms with Gasteiger partial charge in [-0.2, -0.15) is 9.97 Å². The minimum Gasteiger partial charge on any atom is -0.457 e. The van der Waals surface area contributed by atoms with Gasteiger partial charge in [0, 0.05) is 25.1 Å². The van der Waals surface area contributed by atoms with E-state index in [9.17, 15) is 15.0 Å². The molecule has 0 radical (unpaired) electrons. The van der Waals surface area contributed by atoms with Crippen LogP contribution in [0.15, 0.2) is 77.6 Å². The molecule has 0 spiro atoms. The monoisotopic (exact) mass is 599 g/mol. The second-order valence-corrected chi connectivity index (χ2v) is 10.3. The van der Waals surface area contributed by atoms with Crippen LogP contribution >= 0.6 is 0 Å². The zero-order chi connectivity index (χ0) is 30.5. The number of rotatable bonds is 13. The van der Waals surface area contributed by atoms with Gasteiger partial charge in [0.2, 0.25) is 5.95 Å². The molecule has 44 heavy (non-hydrogen) atoms. The number of aliphatic hydroxyl groups excluding tert-OH is 2. The van der Waals surface area contributed by atoms with Crippen molar-refractivity contribution >= 4 is 29.4 Å². The first-order valence-electron chi connectivity index (χ1n) is 14.4. The van der Waals surface area contributed by atoms with E-state index in [1.807, 2.05) is 43.3 Å². The molecule has 13 nitrogen and oxygen atoms in total. The second-order valence-electron chi connectivity index (χ2n) is 10.3. The zero-order valence-electron chi connectivity index (χ0n) is 24.0. The number of imidazole rings is 1. The van der Waals surface area contributed by atoms with Crippen molar-refractivity contribution in [1.29, 1.82) is 0 Å². The van der Waals surface area contributed by atoms with Gasteiger partial charge in [-0.3, -0.25) is 9.36 Å². The van der Waals surface area contributed by atoms with Crippen LogP contribution in [0, 0.1) is 0 Å². The Morgan fingerprint density at radius 3 is 2.43 bits per heavy atom. The van der Waals surface area contributed by atoms with Crippen molar-refractivity contribution in [3.05, 3.63) is 95.6 Å². The van der Waals surface area contributed by atoms with Gasteiger partial charge in [0.05, 0.1) is 18.6 Å². The van der Waals surface area contributed by atoms with E-state index in [1.54, 1.807) is 10.6 Å². The molecule has 3 aromatic heterocycles. The molecule has 1 fully saturated rings. The SMILES string of the molecule is CCc1cc([C@H]2O[C@@H](n3cnc4c(NCC(c5ccccc5)c5ccccc5)nc(NCCO)nc43)[C@H](OC=O)[C@@H]2O)on1. The first-order chi connectivity index (χ1) is 21.6. The summed E-state index contributed by atoms with van der Waals surface area (Å²) in [6.45, 7) is 2.79. The van der Waals surface area contributed by atoms with E-state index < -0.39 is 24.5 Å². The lowest BCUT2D eigenvalue weighted by Crippen LogP contribution is -2.31. The van der Waals surface area contributed by atoms with E-state index in [1.165, 1.54) is 6.33 Å². The van der Waals surface area contributed by atoms with Crippen molar-refractivity contribution in [2.45, 2.75) is 43.8 Å². The molecule has 0 saturated carbocycles. The van der Waals surface area contributed by atoms with Crippen molar-refractivity contribution in [1.82, 2.24) is 24.7 Å². The Morgan fingerprint density at radius 2 is 1.80 bits per heavy atom. The molecule has 1 aliphatic heterocycles. The molecule has 1 aliphatic rings. The summed E-state index contributed by atoms with van der Waals surface area (Å²) in [4.78, 5) is 25.4. The molecular weight excluding hydrogens is 566 g/mol. The number of hydrogen-bond donors (Lipinski definition) is 4. The maximum Gasteiger partial charge on any atom is 0.293 e. The first kappa shape index (κ1) is 29.2. The molecule has 5 aromatic rings. The Kier molecular flexibility index (Phi) is 8.77. The molecule has 0 bridgehead atoms. The van der Waals surface area contributed by atoms with Crippen LogP contribution in [0.4, 0.5) is 11.8 Å². The van der Waals surface area contributed by atoms with Gasteiger partial charge in [0.1, 0.15) is 6.10 Å². The highest BCUT2D eigenvalue weighted by atomic mass is 16.6. The molecule has 2 aromatic carbocycles. The summed E-state index contributed by atoms with van der Waals surface area (Å²) in [5.74, 6) is 1.03. The summed E-state index contributed by atoms with van der Waals surface area (Å²) in [7, 11) is 0. The summed E-state index contributed by atoms with van der Waals surface area (Å²) < 4.78 is 18.6. The Labute approximate surface area is 252 Å². The largest absolute Gasteiger partial charge is 0.457 e. The van der Waals surface area contributed by atoms with Gasteiger partial charge < -0.3 is 34.8 Å². The van der Waals surface area contributed by atoms with Gasteiger partial charge in [-0.1, -0.05) is 72.7 Å². The average molecular weight is 600 g/mol. The quantitative estimate of drug-likeness (QED) is 0.146. The highest BCUT2D eigenvalue weighted by Gasteiger charge is 2.49. The number of carbonyl (C=O) groups excluding carboxylic acids is 1. The van der Waals surface area contributed by atoms with Crippen LogP contribution in [-0.4, -0.2) is 73.3 Å². The predicted molar refractivity (Wildman–Crippen MR) is 160 cm³/mol. The van der Waals surface area contributed by atoms with E-state index in [0.717, 1.165) is 11.1 Å². The fraction of sp³-hybridized carbons (Fsp3) is 0.323. The molecule has 4 heterocycles. The van der Waals surface area contributed by atoms with Crippen molar-refractivity contribution < 1.29 is 29.0 Å². The smallest absolute Gasteiger partial charge is 0.293 e. The second kappa shape index (κ2) is 13.2. The molecule has 0 amide bonds. The highest BCUT2D eigenvalue weighted by Crippen LogP contribution is 2.42. The number of ether oxygens (including phenoxy) is 2. The van der Waals surface area contributed by atoms with E-state index in [4.69, 9.17) is 14.0 Å². The number of fused-ring (bicyclic) bond motifs is 1. The fourth-order valence-electron chi connectivity index (χ4n) is 5.42. The Bertz CT molecular complexity index is 1640. The lowest BCUT2D eigenvalue weighted by molar-refractivity contribution is -0.142. The summed E-state index contributed by atoms with van der Waals surface area (Å²) in [5, 5.41) is 31.1. The average Bonchev–Trinajstić information content (AvgIpc) is 3.79. The first-order valence-corrected chi connectivity index (χ1v) is 14.4. The normalized spacial score (nSPS) is 19.8. The third-order valence-corrected chi connectivity index (χ3v) is 7.61. The fourth-order valence-corrected chi connectivity index (χ4v) is 5.42. The standard InChI is InChI=1S/C31H33N7O6/c1-2-21-15-23(44-37-21)26-25(41)27(42-18-40)30(43-26)38-17-34-24-28(35-31(32-13-14-39)36-29(24)38)33-16-22(19-9-5-3-6-10-19)20-11-7-4-8-12-20/h3-12,15,17-18,22,25-27,30,39,41H,2,13-14,16H2,1H3,(H2,32,33,35,36)/t25-,26-,27-,30-/m1/s1. The number of aromatic nitrogens is 5. The number of nitrogens with zero attached hydrogens (tertiary/aromatic N) is 5. The molecule has 4 atom stereocenters. The predicted octanol–water partition coefficient (Wildman–Crippen LogP) is 3.20. The maximum atomic E-state index is 11.5. The van der Waals surface area contributed by atoms with E-state index >= 15 is 0 Å². The summed E-state index contributed by atoms with van der Waals surface area (Å²) in [6.07, 6.45) is -2.13. The van der Waals surface area contributed by atoms with Gasteiger partial charge >= 0.3 is 0 Å². The van der Waals surface area contributed by atoms with Crippen LogP contribution in [0.1, 0.15) is 47.8 Å². The van der Waals surface area contributed by atoms with Crippen LogP contribution in [0.25, 0.3) is 11.2 Å². The Morgan fingerprint density at radius 1 is 1.07 bits per heavy atom. The molecule has 228 valence electrons. The van der Waals surface area contributed by atoms with Gasteiger partial charge in [0.15, 0.2) is 41.2 Å². The number of nitrogens with one attached hydrogen (secondary N) is 2. The van der Waals surface area contributed by atoms with Gasteiger partial charge in [-0.15, -0.1) is 0 Å². The minimum absolute atomic E-state index is 0.00714. The third-order valence-electron chi connectivity index (χ3n) is 7.61. The summed E-state index contributed by atoms with van der Waals surface area (Å²) in [5.41, 5.74) is 3.77. The van der Waals surface area contributed by atoms with Gasteiger partial charge in [-0.25, -0.2) is 4.98 Å². The van der Waals surface area contributed by atoms with Crippen molar-refractivity contribution in [3.8, 4) is 0 Å². The Hall–Kier alpha value is -4.85. The summed E-state index contributed by atoms with van der Waals surface area (Å²) in [6, 6.07) is 22.1. The molecular formula is C31H33N7O6. The van der Waals surface area contributed by atoms with E-state index in [0.29, 0.717) is 41.4 Å². The molecule has 0 unspecified atom stereocenters. The molecule has 6 rings (SSSR count). The van der Waals surface area contributed by atoms with Crippen LogP contribution in [0.5, 0.6) is 0 Å². The zero-order valence-corrected chi connectivity index (χ0v) is 24.0. The number of aryl methyl sites for hydroxylation is 1. The van der Waals surface area contributed by atoms with Gasteiger partial charge in [0.25, 0.3) is 6.47 Å². The lowest BCUT2D eigenvalue weighted by Gasteiger charge is -2.21. The molecule has 1 saturated heterocycles. The van der Waals surface area contributed by atoms with Gasteiger partial charge in [-0.05, 0) is 17.5 Å².